The maximum absolute atomic E-state index is 13.5. The van der Waals surface area contributed by atoms with E-state index in [1.165, 1.54) is 18.2 Å². The van der Waals surface area contributed by atoms with E-state index < -0.39 is 17.4 Å². The summed E-state index contributed by atoms with van der Waals surface area (Å²) >= 11 is 7.74. The van der Waals surface area contributed by atoms with Crippen molar-refractivity contribution in [2.75, 3.05) is 0 Å². The first-order valence-electron chi connectivity index (χ1n) is 4.94. The summed E-state index contributed by atoms with van der Waals surface area (Å²) in [7, 11) is 0. The molecule has 0 aromatic heterocycles. The van der Waals surface area contributed by atoms with Gasteiger partial charge in [-0.15, -0.1) is 0 Å². The third-order valence-corrected chi connectivity index (χ3v) is 3.55. The molecule has 0 fully saturated rings. The molecule has 0 aliphatic carbocycles. The van der Waals surface area contributed by atoms with E-state index in [4.69, 9.17) is 11.6 Å². The van der Waals surface area contributed by atoms with E-state index in [0.29, 0.717) is 8.59 Å². The molecule has 18 heavy (non-hydrogen) atoms. The van der Waals surface area contributed by atoms with Crippen molar-refractivity contribution < 1.29 is 13.6 Å². The van der Waals surface area contributed by atoms with Crippen LogP contribution in [0.3, 0.4) is 0 Å². The highest BCUT2D eigenvalue weighted by molar-refractivity contribution is 14.1. The third-order valence-electron chi connectivity index (χ3n) is 2.37. The minimum atomic E-state index is -1.14. The monoisotopic (exact) mass is 378 g/mol. The SMILES string of the molecule is O=C(c1cc(Cl)ccc1I)c1cccc(F)c1F. The largest absolute Gasteiger partial charge is 0.288 e. The van der Waals surface area contributed by atoms with Crippen molar-refractivity contribution in [3.05, 3.63) is 67.8 Å². The lowest BCUT2D eigenvalue weighted by Gasteiger charge is -2.06. The first kappa shape index (κ1) is 13.4. The molecule has 0 aliphatic rings. The van der Waals surface area contributed by atoms with Crippen LogP contribution in [-0.2, 0) is 0 Å². The minimum Gasteiger partial charge on any atom is -0.288 e. The molecule has 0 saturated carbocycles. The molecule has 0 bridgehead atoms. The normalized spacial score (nSPS) is 10.4. The summed E-state index contributed by atoms with van der Waals surface area (Å²) in [6.07, 6.45) is 0. The molecule has 0 amide bonds. The van der Waals surface area contributed by atoms with E-state index in [-0.39, 0.29) is 11.1 Å². The maximum Gasteiger partial charge on any atom is 0.197 e. The zero-order valence-electron chi connectivity index (χ0n) is 8.88. The molecule has 0 saturated heterocycles. The summed E-state index contributed by atoms with van der Waals surface area (Å²) < 4.78 is 27.2. The molecule has 0 heterocycles. The van der Waals surface area contributed by atoms with Gasteiger partial charge in [0, 0.05) is 14.2 Å². The molecule has 2 aromatic rings. The zero-order valence-corrected chi connectivity index (χ0v) is 11.8. The smallest absolute Gasteiger partial charge is 0.197 e. The first-order valence-corrected chi connectivity index (χ1v) is 6.40. The highest BCUT2D eigenvalue weighted by atomic mass is 127. The lowest BCUT2D eigenvalue weighted by molar-refractivity contribution is 0.103. The van der Waals surface area contributed by atoms with E-state index in [1.54, 1.807) is 12.1 Å². The number of halogens is 4. The molecule has 2 aromatic carbocycles. The molecule has 0 N–H and O–H groups in total. The molecular weight excluding hydrogens is 372 g/mol. The third kappa shape index (κ3) is 2.54. The van der Waals surface area contributed by atoms with Crippen molar-refractivity contribution in [3.8, 4) is 0 Å². The van der Waals surface area contributed by atoms with Crippen molar-refractivity contribution in [2.45, 2.75) is 0 Å². The van der Waals surface area contributed by atoms with E-state index in [1.807, 2.05) is 22.6 Å². The fourth-order valence-electron chi connectivity index (χ4n) is 1.50. The summed E-state index contributed by atoms with van der Waals surface area (Å²) in [5, 5.41) is 0.371. The predicted molar refractivity (Wildman–Crippen MR) is 74.0 cm³/mol. The van der Waals surface area contributed by atoms with Crippen LogP contribution in [0.2, 0.25) is 5.02 Å². The van der Waals surface area contributed by atoms with Gasteiger partial charge in [-0.05, 0) is 52.9 Å². The number of hydrogen-bond acceptors (Lipinski definition) is 1. The van der Waals surface area contributed by atoms with Gasteiger partial charge in [-0.2, -0.15) is 0 Å². The molecule has 2 rings (SSSR count). The summed E-state index contributed by atoms with van der Waals surface area (Å²) in [6, 6.07) is 8.22. The molecular formula is C13H6ClF2IO. The Morgan fingerprint density at radius 3 is 2.56 bits per heavy atom. The van der Waals surface area contributed by atoms with Gasteiger partial charge in [0.15, 0.2) is 17.4 Å². The number of ketones is 1. The molecule has 0 aliphatic heterocycles. The van der Waals surface area contributed by atoms with Gasteiger partial charge in [0.2, 0.25) is 0 Å². The van der Waals surface area contributed by atoms with Gasteiger partial charge < -0.3 is 0 Å². The predicted octanol–water partition coefficient (Wildman–Crippen LogP) is 4.45. The number of carbonyl (C=O) groups is 1. The van der Waals surface area contributed by atoms with Crippen molar-refractivity contribution in [3.63, 3.8) is 0 Å². The fraction of sp³-hybridized carbons (Fsp3) is 0. The van der Waals surface area contributed by atoms with Gasteiger partial charge in [0.05, 0.1) is 5.56 Å². The van der Waals surface area contributed by atoms with Gasteiger partial charge in [-0.1, -0.05) is 17.7 Å². The highest BCUT2D eigenvalue weighted by Crippen LogP contribution is 2.22. The van der Waals surface area contributed by atoms with Crippen LogP contribution in [0.15, 0.2) is 36.4 Å². The molecule has 0 atom stereocenters. The summed E-state index contributed by atoms with van der Waals surface area (Å²) in [4.78, 5) is 12.1. The molecule has 0 unspecified atom stereocenters. The van der Waals surface area contributed by atoms with Crippen molar-refractivity contribution in [1.29, 1.82) is 0 Å². The number of hydrogen-bond donors (Lipinski definition) is 0. The molecule has 0 spiro atoms. The summed E-state index contributed by atoms with van der Waals surface area (Å²) in [5.41, 5.74) is -0.0391. The average molecular weight is 379 g/mol. The lowest BCUT2D eigenvalue weighted by atomic mass is 10.0. The van der Waals surface area contributed by atoms with Gasteiger partial charge >= 0.3 is 0 Å². The zero-order chi connectivity index (χ0) is 13.3. The van der Waals surface area contributed by atoms with Crippen LogP contribution in [-0.4, -0.2) is 5.78 Å². The number of carbonyl (C=O) groups excluding carboxylic acids is 1. The summed E-state index contributed by atoms with van der Waals surface area (Å²) in [5.74, 6) is -2.77. The quantitative estimate of drug-likeness (QED) is 0.557. The average Bonchev–Trinajstić information content (AvgIpc) is 2.35. The van der Waals surface area contributed by atoms with E-state index in [2.05, 4.69) is 0 Å². The van der Waals surface area contributed by atoms with Gasteiger partial charge in [-0.25, -0.2) is 8.78 Å². The van der Waals surface area contributed by atoms with Crippen molar-refractivity contribution in [1.82, 2.24) is 0 Å². The van der Waals surface area contributed by atoms with Crippen LogP contribution >= 0.6 is 34.2 Å². The van der Waals surface area contributed by atoms with Crippen LogP contribution in [0.25, 0.3) is 0 Å². The van der Waals surface area contributed by atoms with Gasteiger partial charge in [0.25, 0.3) is 0 Å². The van der Waals surface area contributed by atoms with Crippen LogP contribution in [0, 0.1) is 15.2 Å². The second-order valence-corrected chi connectivity index (χ2v) is 5.15. The first-order chi connectivity index (χ1) is 8.50. The maximum atomic E-state index is 13.5. The lowest BCUT2D eigenvalue weighted by Crippen LogP contribution is -2.07. The Kier molecular flexibility index (Phi) is 3.97. The molecule has 5 heteroatoms. The minimum absolute atomic E-state index is 0.257. The Labute approximate surface area is 121 Å². The topological polar surface area (TPSA) is 17.1 Å². The standard InChI is InChI=1S/C13H6ClF2IO/c14-7-4-5-11(17)9(6-7)13(18)8-2-1-3-10(15)12(8)16/h1-6H. The molecule has 92 valence electrons. The Balaban J connectivity index is 2.55. The fourth-order valence-corrected chi connectivity index (χ4v) is 2.25. The van der Waals surface area contributed by atoms with Crippen LogP contribution < -0.4 is 0 Å². The number of benzene rings is 2. The number of rotatable bonds is 2. The van der Waals surface area contributed by atoms with Crippen LogP contribution in [0.1, 0.15) is 15.9 Å². The Hall–Kier alpha value is -1.01. The Morgan fingerprint density at radius 2 is 1.83 bits per heavy atom. The summed E-state index contributed by atoms with van der Waals surface area (Å²) in [6.45, 7) is 0. The Morgan fingerprint density at radius 1 is 1.11 bits per heavy atom. The van der Waals surface area contributed by atoms with Gasteiger partial charge in [-0.3, -0.25) is 4.79 Å². The molecule has 1 nitrogen and oxygen atoms in total. The van der Waals surface area contributed by atoms with E-state index in [0.717, 1.165) is 6.07 Å². The van der Waals surface area contributed by atoms with Gasteiger partial charge in [0.1, 0.15) is 0 Å². The highest BCUT2D eigenvalue weighted by Gasteiger charge is 2.19. The second-order valence-electron chi connectivity index (χ2n) is 3.55. The van der Waals surface area contributed by atoms with Crippen LogP contribution in [0.5, 0.6) is 0 Å². The van der Waals surface area contributed by atoms with E-state index in [9.17, 15) is 13.6 Å². The molecule has 0 radical (unpaired) electrons. The van der Waals surface area contributed by atoms with Crippen LogP contribution in [0.4, 0.5) is 8.78 Å². The van der Waals surface area contributed by atoms with E-state index >= 15 is 0 Å². The van der Waals surface area contributed by atoms with Crippen molar-refractivity contribution in [2.24, 2.45) is 0 Å². The van der Waals surface area contributed by atoms with Crippen molar-refractivity contribution >= 4 is 40.0 Å². The Bertz CT molecular complexity index is 624. The second kappa shape index (κ2) is 5.32.